The van der Waals surface area contributed by atoms with Crippen molar-refractivity contribution in [1.29, 1.82) is 0 Å². The molecule has 24 heavy (non-hydrogen) atoms. The van der Waals surface area contributed by atoms with E-state index in [-0.39, 0.29) is 42.7 Å². The van der Waals surface area contributed by atoms with E-state index < -0.39 is 0 Å². The first-order valence-electron chi connectivity index (χ1n) is 7.80. The molecule has 1 rings (SSSR count). The topological polar surface area (TPSA) is 67.6 Å². The van der Waals surface area contributed by atoms with Crippen molar-refractivity contribution in [3.8, 4) is 5.75 Å². The molecule has 2 unspecified atom stereocenters. The molecule has 0 saturated heterocycles. The third-order valence-electron chi connectivity index (χ3n) is 3.61. The van der Waals surface area contributed by atoms with Gasteiger partial charge in [-0.1, -0.05) is 19.1 Å². The van der Waals surface area contributed by atoms with Crippen LogP contribution in [0.1, 0.15) is 25.8 Å². The molecule has 2 atom stereocenters. The molecule has 1 aromatic carbocycles. The minimum Gasteiger partial charge on any atom is -0.494 e. The SMILES string of the molecule is CC(N)C(C)C(=O)NCc1ccc(OCCCN(C)C)cc1.Cl.Cl. The molecule has 0 bridgehead atoms. The number of nitrogens with zero attached hydrogens (tertiary/aromatic N) is 1. The molecule has 0 aromatic heterocycles. The number of rotatable bonds is 9. The van der Waals surface area contributed by atoms with E-state index in [2.05, 4.69) is 24.3 Å². The Balaban J connectivity index is 0. The molecule has 1 amide bonds. The lowest BCUT2D eigenvalue weighted by Gasteiger charge is -2.15. The molecule has 0 aliphatic heterocycles. The van der Waals surface area contributed by atoms with Crippen LogP contribution < -0.4 is 15.8 Å². The summed E-state index contributed by atoms with van der Waals surface area (Å²) in [6.45, 7) is 5.91. The second kappa shape index (κ2) is 13.3. The fraction of sp³-hybridized carbons (Fsp3) is 0.588. The molecule has 5 nitrogen and oxygen atoms in total. The summed E-state index contributed by atoms with van der Waals surface area (Å²) in [4.78, 5) is 14.0. The Morgan fingerprint density at radius 2 is 1.79 bits per heavy atom. The molecule has 0 aliphatic carbocycles. The van der Waals surface area contributed by atoms with Crippen LogP contribution in [0.5, 0.6) is 5.75 Å². The van der Waals surface area contributed by atoms with E-state index in [1.165, 1.54) is 0 Å². The van der Waals surface area contributed by atoms with E-state index >= 15 is 0 Å². The Morgan fingerprint density at radius 3 is 2.29 bits per heavy atom. The number of ether oxygens (including phenoxy) is 1. The van der Waals surface area contributed by atoms with Gasteiger partial charge in [-0.05, 0) is 45.1 Å². The molecule has 0 heterocycles. The van der Waals surface area contributed by atoms with Crippen LogP contribution in [0.3, 0.4) is 0 Å². The molecule has 0 aliphatic rings. The average molecular weight is 380 g/mol. The van der Waals surface area contributed by atoms with E-state index in [1.807, 2.05) is 38.1 Å². The molecule has 1 aromatic rings. The highest BCUT2D eigenvalue weighted by molar-refractivity contribution is 5.85. The number of carbonyl (C=O) groups is 1. The van der Waals surface area contributed by atoms with E-state index in [9.17, 15) is 4.79 Å². The van der Waals surface area contributed by atoms with Crippen LogP contribution in [-0.4, -0.2) is 44.1 Å². The van der Waals surface area contributed by atoms with Crippen LogP contribution in [-0.2, 0) is 11.3 Å². The molecule has 140 valence electrons. The Labute approximate surface area is 158 Å². The van der Waals surface area contributed by atoms with E-state index in [0.29, 0.717) is 13.2 Å². The lowest BCUT2D eigenvalue weighted by molar-refractivity contribution is -0.125. The van der Waals surface area contributed by atoms with Crippen molar-refractivity contribution >= 4 is 30.7 Å². The lowest BCUT2D eigenvalue weighted by Crippen LogP contribution is -2.38. The normalized spacial score (nSPS) is 12.6. The number of benzene rings is 1. The maximum atomic E-state index is 11.8. The summed E-state index contributed by atoms with van der Waals surface area (Å²) in [5.74, 6) is 0.663. The molecular weight excluding hydrogens is 349 g/mol. The number of hydrogen-bond acceptors (Lipinski definition) is 4. The molecule has 0 radical (unpaired) electrons. The number of nitrogens with two attached hydrogens (primary N) is 1. The van der Waals surface area contributed by atoms with E-state index in [4.69, 9.17) is 10.5 Å². The fourth-order valence-electron chi connectivity index (χ4n) is 1.86. The zero-order chi connectivity index (χ0) is 16.5. The van der Waals surface area contributed by atoms with E-state index in [1.54, 1.807) is 0 Å². The van der Waals surface area contributed by atoms with Crippen LogP contribution in [0, 0.1) is 5.92 Å². The van der Waals surface area contributed by atoms with Crippen molar-refractivity contribution in [1.82, 2.24) is 10.2 Å². The first kappa shape index (κ1) is 25.2. The van der Waals surface area contributed by atoms with Crippen molar-refractivity contribution in [2.75, 3.05) is 27.2 Å². The van der Waals surface area contributed by atoms with Gasteiger partial charge in [0.05, 0.1) is 6.61 Å². The Morgan fingerprint density at radius 1 is 1.21 bits per heavy atom. The second-order valence-corrected chi connectivity index (χ2v) is 6.01. The van der Waals surface area contributed by atoms with Gasteiger partial charge in [0, 0.05) is 25.0 Å². The van der Waals surface area contributed by atoms with E-state index in [0.717, 1.165) is 24.3 Å². The lowest BCUT2D eigenvalue weighted by atomic mass is 10.0. The fourth-order valence-corrected chi connectivity index (χ4v) is 1.86. The standard InChI is InChI=1S/C17H29N3O2.2ClH/c1-13(14(2)18)17(21)19-12-15-6-8-16(9-7-15)22-11-5-10-20(3)4;;/h6-9,13-14H,5,10-12,18H2,1-4H3,(H,19,21);2*1H. The quantitative estimate of drug-likeness (QED) is 0.646. The molecule has 3 N–H and O–H groups in total. The monoisotopic (exact) mass is 379 g/mol. The average Bonchev–Trinajstić information content (AvgIpc) is 2.49. The van der Waals surface area contributed by atoms with Gasteiger partial charge in [0.2, 0.25) is 5.91 Å². The maximum absolute atomic E-state index is 11.8. The van der Waals surface area contributed by atoms with Crippen molar-refractivity contribution in [3.05, 3.63) is 29.8 Å². The van der Waals surface area contributed by atoms with Crippen LogP contribution in [0.4, 0.5) is 0 Å². The minimum atomic E-state index is -0.181. The first-order valence-corrected chi connectivity index (χ1v) is 7.80. The third-order valence-corrected chi connectivity index (χ3v) is 3.61. The van der Waals surface area contributed by atoms with Gasteiger partial charge in [0.15, 0.2) is 0 Å². The largest absolute Gasteiger partial charge is 0.494 e. The van der Waals surface area contributed by atoms with Crippen LogP contribution in [0.15, 0.2) is 24.3 Å². The van der Waals surface area contributed by atoms with Gasteiger partial charge in [-0.3, -0.25) is 4.79 Å². The molecule has 0 spiro atoms. The number of nitrogens with one attached hydrogen (secondary N) is 1. The molecule has 0 fully saturated rings. The Bertz CT molecular complexity index is 454. The van der Waals surface area contributed by atoms with Crippen molar-refractivity contribution in [2.24, 2.45) is 11.7 Å². The highest BCUT2D eigenvalue weighted by atomic mass is 35.5. The second-order valence-electron chi connectivity index (χ2n) is 6.01. The van der Waals surface area contributed by atoms with Gasteiger partial charge in [-0.15, -0.1) is 24.8 Å². The zero-order valence-electron chi connectivity index (χ0n) is 15.0. The van der Waals surface area contributed by atoms with Crippen molar-refractivity contribution in [2.45, 2.75) is 32.9 Å². The smallest absolute Gasteiger partial charge is 0.224 e. The van der Waals surface area contributed by atoms with Gasteiger partial charge in [0.25, 0.3) is 0 Å². The van der Waals surface area contributed by atoms with Gasteiger partial charge >= 0.3 is 0 Å². The number of halogens is 2. The van der Waals surface area contributed by atoms with Gasteiger partial charge < -0.3 is 20.7 Å². The molecule has 7 heteroatoms. The summed E-state index contributed by atoms with van der Waals surface area (Å²) in [5.41, 5.74) is 6.77. The number of amides is 1. The molecule has 0 saturated carbocycles. The summed E-state index contributed by atoms with van der Waals surface area (Å²) < 4.78 is 5.68. The summed E-state index contributed by atoms with van der Waals surface area (Å²) in [5, 5.41) is 2.90. The highest BCUT2D eigenvalue weighted by Crippen LogP contribution is 2.12. The highest BCUT2D eigenvalue weighted by Gasteiger charge is 2.16. The summed E-state index contributed by atoms with van der Waals surface area (Å²) >= 11 is 0. The van der Waals surface area contributed by atoms with Gasteiger partial charge in [-0.2, -0.15) is 0 Å². The number of carbonyl (C=O) groups excluding carboxylic acids is 1. The first-order chi connectivity index (χ1) is 10.4. The third kappa shape index (κ3) is 9.98. The minimum absolute atomic E-state index is 0. The number of hydrogen-bond donors (Lipinski definition) is 2. The Hall–Kier alpha value is -1.01. The van der Waals surface area contributed by atoms with Crippen molar-refractivity contribution < 1.29 is 9.53 Å². The van der Waals surface area contributed by atoms with Gasteiger partial charge in [-0.25, -0.2) is 0 Å². The molecular formula is C17H31Cl2N3O2. The Kier molecular flexibility index (Phi) is 14.0. The van der Waals surface area contributed by atoms with Crippen LogP contribution >= 0.6 is 24.8 Å². The predicted molar refractivity (Wildman–Crippen MR) is 104 cm³/mol. The summed E-state index contributed by atoms with van der Waals surface area (Å²) in [7, 11) is 4.10. The van der Waals surface area contributed by atoms with Crippen LogP contribution in [0.25, 0.3) is 0 Å². The van der Waals surface area contributed by atoms with Crippen molar-refractivity contribution in [3.63, 3.8) is 0 Å². The maximum Gasteiger partial charge on any atom is 0.224 e. The summed E-state index contributed by atoms with van der Waals surface area (Å²) in [6, 6.07) is 7.67. The predicted octanol–water partition coefficient (Wildman–Crippen LogP) is 2.46. The summed E-state index contributed by atoms with van der Waals surface area (Å²) in [6.07, 6.45) is 1.000. The van der Waals surface area contributed by atoms with Gasteiger partial charge in [0.1, 0.15) is 5.75 Å². The van der Waals surface area contributed by atoms with Crippen LogP contribution in [0.2, 0.25) is 0 Å². The zero-order valence-corrected chi connectivity index (χ0v) is 16.6.